The van der Waals surface area contributed by atoms with Crippen LogP contribution in [0.4, 0.5) is 19.1 Å². The first-order valence-corrected chi connectivity index (χ1v) is 9.97. The minimum absolute atomic E-state index is 0.0511. The molecule has 1 aromatic heterocycles. The lowest BCUT2D eigenvalue weighted by molar-refractivity contribution is -0.192. The Labute approximate surface area is 177 Å². The zero-order valence-corrected chi connectivity index (χ0v) is 16.9. The lowest BCUT2D eigenvalue weighted by Gasteiger charge is -2.27. The number of anilines is 1. The van der Waals surface area contributed by atoms with E-state index in [0.717, 1.165) is 51.6 Å². The zero-order chi connectivity index (χ0) is 22.5. The highest BCUT2D eigenvalue weighted by molar-refractivity contribution is 5.77. The average molecular weight is 446 g/mol. The predicted octanol–water partition coefficient (Wildman–Crippen LogP) is 1.20. The molecule has 3 fully saturated rings. The number of carboxylic acid groups (broad SMARTS) is 1. The van der Waals surface area contributed by atoms with Crippen molar-refractivity contribution >= 4 is 17.8 Å². The van der Waals surface area contributed by atoms with Gasteiger partial charge in [-0.15, -0.1) is 0 Å². The summed E-state index contributed by atoms with van der Waals surface area (Å²) >= 11 is 0. The zero-order valence-electron chi connectivity index (χ0n) is 16.9. The van der Waals surface area contributed by atoms with Crippen LogP contribution in [0, 0.1) is 11.3 Å². The molecule has 3 aliphatic heterocycles. The summed E-state index contributed by atoms with van der Waals surface area (Å²) in [6.45, 7) is 5.60. The van der Waals surface area contributed by atoms with Gasteiger partial charge in [-0.1, -0.05) is 0 Å². The second kappa shape index (κ2) is 9.77. The van der Waals surface area contributed by atoms with E-state index in [4.69, 9.17) is 19.4 Å². The number of ether oxygens (including phenoxy) is 2. The quantitative estimate of drug-likeness (QED) is 0.720. The second-order valence-electron chi connectivity index (χ2n) is 7.89. The van der Waals surface area contributed by atoms with Gasteiger partial charge in [-0.05, 0) is 18.9 Å². The highest BCUT2D eigenvalue weighted by Gasteiger charge is 2.51. The number of fused-ring (bicyclic) bond motifs is 1. The number of alkyl halides is 3. The van der Waals surface area contributed by atoms with Crippen LogP contribution < -0.4 is 4.90 Å². The van der Waals surface area contributed by atoms with Crippen molar-refractivity contribution < 1.29 is 37.3 Å². The molecule has 0 aliphatic carbocycles. The molecule has 3 saturated heterocycles. The van der Waals surface area contributed by atoms with Crippen molar-refractivity contribution in [1.82, 2.24) is 14.9 Å². The molecule has 1 aromatic rings. The lowest BCUT2D eigenvalue weighted by atomic mass is 9.82. The van der Waals surface area contributed by atoms with Crippen LogP contribution in [0.25, 0.3) is 0 Å². The van der Waals surface area contributed by atoms with Crippen molar-refractivity contribution in [2.75, 3.05) is 57.5 Å². The number of likely N-dealkylation sites (tertiary alicyclic amines) is 1. The molecule has 0 bridgehead atoms. The number of amides is 1. The summed E-state index contributed by atoms with van der Waals surface area (Å²) < 4.78 is 43.3. The maximum Gasteiger partial charge on any atom is 0.490 e. The molecule has 0 spiro atoms. The number of hydrogen-bond acceptors (Lipinski definition) is 7. The second-order valence-corrected chi connectivity index (χ2v) is 7.89. The lowest BCUT2D eigenvalue weighted by Crippen LogP contribution is -2.38. The van der Waals surface area contributed by atoms with Gasteiger partial charge in [0, 0.05) is 49.9 Å². The van der Waals surface area contributed by atoms with Crippen molar-refractivity contribution in [3.05, 3.63) is 18.5 Å². The van der Waals surface area contributed by atoms with E-state index < -0.39 is 12.1 Å². The van der Waals surface area contributed by atoms with Crippen molar-refractivity contribution in [2.24, 2.45) is 11.3 Å². The Bertz CT molecular complexity index is 761. The van der Waals surface area contributed by atoms with Crippen molar-refractivity contribution in [1.29, 1.82) is 0 Å². The first-order valence-electron chi connectivity index (χ1n) is 9.97. The summed E-state index contributed by atoms with van der Waals surface area (Å²) in [6.07, 6.45) is 0.672. The molecular formula is C19H25F3N4O5. The monoisotopic (exact) mass is 446 g/mol. The maximum atomic E-state index is 12.1. The van der Waals surface area contributed by atoms with E-state index in [9.17, 15) is 18.0 Å². The Morgan fingerprint density at radius 3 is 2.52 bits per heavy atom. The fraction of sp³-hybridized carbons (Fsp3) is 0.684. The first-order chi connectivity index (χ1) is 14.7. The molecule has 2 atom stereocenters. The van der Waals surface area contributed by atoms with Gasteiger partial charge in [0.1, 0.15) is 6.61 Å². The smallest absolute Gasteiger partial charge is 0.475 e. The van der Waals surface area contributed by atoms with E-state index in [0.29, 0.717) is 19.1 Å². The normalized spacial score (nSPS) is 25.2. The molecule has 1 amide bonds. The van der Waals surface area contributed by atoms with Gasteiger partial charge in [0.2, 0.25) is 11.9 Å². The Morgan fingerprint density at radius 2 is 1.90 bits per heavy atom. The number of hydrogen-bond donors (Lipinski definition) is 1. The van der Waals surface area contributed by atoms with Gasteiger partial charge >= 0.3 is 12.1 Å². The van der Waals surface area contributed by atoms with Gasteiger partial charge in [-0.25, -0.2) is 14.8 Å². The predicted molar refractivity (Wildman–Crippen MR) is 101 cm³/mol. The summed E-state index contributed by atoms with van der Waals surface area (Å²) in [5, 5.41) is 7.12. The molecular weight excluding hydrogens is 421 g/mol. The minimum Gasteiger partial charge on any atom is -0.475 e. The number of nitrogens with zero attached hydrogens (tertiary/aromatic N) is 4. The molecule has 3 aliphatic rings. The summed E-state index contributed by atoms with van der Waals surface area (Å²) in [7, 11) is 0. The minimum atomic E-state index is -5.08. The number of halogens is 3. The summed E-state index contributed by atoms with van der Waals surface area (Å²) in [4.78, 5) is 33.8. The number of carboxylic acids is 1. The largest absolute Gasteiger partial charge is 0.490 e. The van der Waals surface area contributed by atoms with Crippen LogP contribution in [0.5, 0.6) is 0 Å². The van der Waals surface area contributed by atoms with E-state index in [1.807, 2.05) is 11.0 Å². The number of aromatic nitrogens is 2. The summed E-state index contributed by atoms with van der Waals surface area (Å²) in [5.74, 6) is -1.48. The van der Waals surface area contributed by atoms with Crippen LogP contribution in [0.3, 0.4) is 0 Å². The standard InChI is InChI=1S/C17H24N4O3.C2HF3O2/c22-15(20-6-1-2-7-20)10-24-13-17-11-21(8-14(17)9-23-12-17)16-18-4-3-5-19-16;3-2(4,5)1(6)7/h3-5,14H,1-2,6-13H2;(H,6,7)/t14-,17+;/m1./s1. The number of aliphatic carboxylic acids is 1. The maximum absolute atomic E-state index is 12.1. The molecule has 12 heteroatoms. The van der Waals surface area contributed by atoms with Crippen molar-refractivity contribution in [2.45, 2.75) is 19.0 Å². The fourth-order valence-corrected chi connectivity index (χ4v) is 4.04. The highest BCUT2D eigenvalue weighted by Crippen LogP contribution is 2.42. The van der Waals surface area contributed by atoms with E-state index in [1.165, 1.54) is 0 Å². The van der Waals surface area contributed by atoms with Gasteiger partial charge in [-0.3, -0.25) is 4.79 Å². The number of carbonyl (C=O) groups excluding carboxylic acids is 1. The van der Waals surface area contributed by atoms with Crippen molar-refractivity contribution in [3.63, 3.8) is 0 Å². The fourth-order valence-electron chi connectivity index (χ4n) is 4.04. The molecule has 172 valence electrons. The van der Waals surface area contributed by atoms with Crippen LogP contribution in [-0.2, 0) is 19.1 Å². The molecule has 4 rings (SSSR count). The van der Waals surface area contributed by atoms with E-state index in [2.05, 4.69) is 14.9 Å². The molecule has 9 nitrogen and oxygen atoms in total. The van der Waals surface area contributed by atoms with Crippen LogP contribution in [0.2, 0.25) is 0 Å². The molecule has 0 saturated carbocycles. The summed E-state index contributed by atoms with van der Waals surface area (Å²) in [5.41, 5.74) is -0.0511. The van der Waals surface area contributed by atoms with Crippen LogP contribution in [-0.4, -0.2) is 90.6 Å². The SMILES string of the molecule is O=C(COC[C@]12COC[C@H]1CN(c1ncccn1)C2)N1CCCC1.O=C(O)C(F)(F)F. The van der Waals surface area contributed by atoms with Gasteiger partial charge in [0.25, 0.3) is 0 Å². The Balaban J connectivity index is 0.000000339. The molecule has 4 heterocycles. The number of rotatable bonds is 5. The molecule has 0 unspecified atom stereocenters. The van der Waals surface area contributed by atoms with E-state index >= 15 is 0 Å². The Morgan fingerprint density at radius 1 is 1.26 bits per heavy atom. The number of carbonyl (C=O) groups is 2. The van der Waals surface area contributed by atoms with E-state index in [-0.39, 0.29) is 17.9 Å². The average Bonchev–Trinajstić information content (AvgIpc) is 3.44. The third-order valence-corrected chi connectivity index (χ3v) is 5.67. The van der Waals surface area contributed by atoms with Crippen LogP contribution in [0.1, 0.15) is 12.8 Å². The van der Waals surface area contributed by atoms with E-state index in [1.54, 1.807) is 12.4 Å². The molecule has 1 N–H and O–H groups in total. The Kier molecular flexibility index (Phi) is 7.31. The topological polar surface area (TPSA) is 105 Å². The molecule has 31 heavy (non-hydrogen) atoms. The first kappa shape index (κ1) is 23.2. The van der Waals surface area contributed by atoms with Crippen LogP contribution >= 0.6 is 0 Å². The van der Waals surface area contributed by atoms with Crippen molar-refractivity contribution in [3.8, 4) is 0 Å². The van der Waals surface area contributed by atoms with Gasteiger partial charge < -0.3 is 24.4 Å². The van der Waals surface area contributed by atoms with Gasteiger partial charge in [0.15, 0.2) is 0 Å². The third-order valence-electron chi connectivity index (χ3n) is 5.67. The summed E-state index contributed by atoms with van der Waals surface area (Å²) in [6, 6.07) is 1.83. The highest BCUT2D eigenvalue weighted by atomic mass is 19.4. The molecule has 0 aromatic carbocycles. The van der Waals surface area contributed by atoms with Crippen LogP contribution in [0.15, 0.2) is 18.5 Å². The molecule has 0 radical (unpaired) electrons. The van der Waals surface area contributed by atoms with Gasteiger partial charge in [0.05, 0.1) is 19.8 Å². The van der Waals surface area contributed by atoms with Gasteiger partial charge in [-0.2, -0.15) is 13.2 Å². The Hall–Kier alpha value is -2.47. The third kappa shape index (κ3) is 5.82.